The first kappa shape index (κ1) is 61.4. The minimum Gasteiger partial charge on any atom is -0.394 e. The molecule has 0 aromatic heterocycles. The molecule has 0 bridgehead atoms. The van der Waals surface area contributed by atoms with Gasteiger partial charge < -0.3 is 75.4 Å². The summed E-state index contributed by atoms with van der Waals surface area (Å²) in [7, 11) is 5.43. The molecule has 66 heavy (non-hydrogen) atoms. The lowest BCUT2D eigenvalue weighted by atomic mass is 10.0. The third-order valence-electron chi connectivity index (χ3n) is 9.70. The van der Waals surface area contributed by atoms with Crippen molar-refractivity contribution < 1.29 is 74.7 Å². The first-order valence-corrected chi connectivity index (χ1v) is 25.9. The molecule has 0 heterocycles. The van der Waals surface area contributed by atoms with E-state index in [1.54, 1.807) is 45.2 Å². The Kier molecular flexibility index (Phi) is 25.8. The Balaban J connectivity index is 2.97. The van der Waals surface area contributed by atoms with E-state index >= 15 is 0 Å². The zero-order valence-electron chi connectivity index (χ0n) is 36.4. The van der Waals surface area contributed by atoms with Crippen molar-refractivity contribution in [2.75, 3.05) is 104 Å². The van der Waals surface area contributed by atoms with Gasteiger partial charge in [-0.2, -0.15) is 0 Å². The normalized spacial score (nSPS) is 13.6. The molecule has 0 aliphatic carbocycles. The van der Waals surface area contributed by atoms with Gasteiger partial charge in [-0.1, -0.05) is 0 Å². The number of nitrogens with zero attached hydrogens (tertiary/aromatic N) is 6. The zero-order chi connectivity index (χ0) is 50.8. The molecular weight excluding hydrogens is 1550 g/mol. The number of anilines is 2. The number of hydrogen-bond acceptors (Lipinski definition) is 15. The summed E-state index contributed by atoms with van der Waals surface area (Å²) in [6.07, 6.45) is -6.90. The van der Waals surface area contributed by atoms with Gasteiger partial charge in [0.25, 0.3) is 23.6 Å². The fraction of sp³-hybridized carbons (Fsp3) is 0.538. The molecule has 0 saturated carbocycles. The molecule has 21 nitrogen and oxygen atoms in total. The summed E-state index contributed by atoms with van der Waals surface area (Å²) in [4.78, 5) is 90.7. The minimum atomic E-state index is -1.62. The lowest BCUT2D eigenvalue weighted by Gasteiger charge is -2.33. The van der Waals surface area contributed by atoms with Crippen LogP contribution in [0, 0.1) is 21.4 Å². The first-order chi connectivity index (χ1) is 30.6. The molecule has 9 N–H and O–H groups in total. The number of rotatable bonds is 22. The summed E-state index contributed by atoms with van der Waals surface area (Å²) in [5.74, 6) is -4.19. The number of benzene rings is 2. The maximum Gasteiger partial charge on any atom is 0.255 e. The number of aliphatic hydroxyl groups excluding tert-OH is 9. The van der Waals surface area contributed by atoms with Crippen LogP contribution in [0.5, 0.6) is 0 Å². The van der Waals surface area contributed by atoms with Gasteiger partial charge in [-0.3, -0.25) is 28.8 Å². The topological polar surface area (TPSA) is 304 Å². The van der Waals surface area contributed by atoms with E-state index in [4.69, 9.17) is 0 Å². The zero-order valence-corrected chi connectivity index (χ0v) is 49.3. The van der Waals surface area contributed by atoms with E-state index in [0.29, 0.717) is 0 Å². The van der Waals surface area contributed by atoms with Crippen LogP contribution >= 0.6 is 136 Å². The number of amides is 6. The van der Waals surface area contributed by atoms with Crippen molar-refractivity contribution in [2.24, 2.45) is 0 Å². The molecule has 0 aliphatic heterocycles. The van der Waals surface area contributed by atoms with Crippen LogP contribution in [-0.2, 0) is 9.59 Å². The Morgan fingerprint density at radius 2 is 0.576 bits per heavy atom. The molecule has 4 atom stereocenters. The van der Waals surface area contributed by atoms with Gasteiger partial charge in [0, 0.05) is 75.4 Å². The number of halogens is 6. The quantitative estimate of drug-likeness (QED) is 0.0689. The first-order valence-electron chi connectivity index (χ1n) is 19.5. The summed E-state index contributed by atoms with van der Waals surface area (Å²) >= 11 is 10.9. The van der Waals surface area contributed by atoms with E-state index in [0.717, 1.165) is 29.4 Å². The summed E-state index contributed by atoms with van der Waals surface area (Å²) in [6, 6.07) is 0. The summed E-state index contributed by atoms with van der Waals surface area (Å²) in [5, 5.41) is 90.5. The van der Waals surface area contributed by atoms with Crippen LogP contribution in [0.2, 0.25) is 0 Å². The molecule has 2 aromatic rings. The highest BCUT2D eigenvalue weighted by Gasteiger charge is 2.37. The standard InChI is InChI=1S/C39H52I6N6O15/c1-17(56)50(34-30(42)24(36(63)46(3)7-20(59)13-52)28(40)25(31(34)43)37(64)47(4)8-21(60)14-53)11-19(58)12-51(18(2)57)35-32(44)26(38(65)48(5)9-22(61)15-54)29(41)27(33(35)45)39(66)49(6)10-23(62)16-55/h19-23,52-55,58-62H,7-16H2,1-6H3. The van der Waals surface area contributed by atoms with E-state index in [2.05, 4.69) is 0 Å². The number of carbonyl (C=O) groups is 6. The molecule has 2 rings (SSSR count). The summed E-state index contributed by atoms with van der Waals surface area (Å²) < 4.78 is 0.864. The third-order valence-corrected chi connectivity index (χ3v) is 16.1. The van der Waals surface area contributed by atoms with Crippen LogP contribution in [-0.4, -0.2) is 225 Å². The van der Waals surface area contributed by atoms with E-state index in [1.807, 2.05) is 90.4 Å². The molecule has 27 heteroatoms. The van der Waals surface area contributed by atoms with Gasteiger partial charge in [0.2, 0.25) is 11.8 Å². The second-order valence-corrected chi connectivity index (χ2v) is 21.6. The number of likely N-dealkylation sites (N-methyl/N-ethyl adjacent to an activating group) is 4. The number of carbonyl (C=O) groups excluding carboxylic acids is 6. The van der Waals surface area contributed by atoms with Gasteiger partial charge in [-0.05, 0) is 136 Å². The van der Waals surface area contributed by atoms with Gasteiger partial charge in [-0.15, -0.1) is 0 Å². The SMILES string of the molecule is CC(=O)N(CC(O)CN(C(C)=O)c1c(I)c(C(=O)N(C)CC(O)CO)c(I)c(C(=O)N(C)CC(O)CO)c1I)c1c(I)c(C(=O)N(C)CC(O)CO)c(I)c(C(=O)N(C)CC(O)CO)c1I. The maximum atomic E-state index is 14.1. The number of hydrogen-bond donors (Lipinski definition) is 9. The van der Waals surface area contributed by atoms with Crippen molar-refractivity contribution in [2.45, 2.75) is 44.4 Å². The van der Waals surface area contributed by atoms with Crippen molar-refractivity contribution in [1.82, 2.24) is 19.6 Å². The molecule has 0 spiro atoms. The fourth-order valence-electron chi connectivity index (χ4n) is 6.35. The lowest BCUT2D eigenvalue weighted by Crippen LogP contribution is -2.46. The molecule has 0 radical (unpaired) electrons. The van der Waals surface area contributed by atoms with Gasteiger partial charge >= 0.3 is 0 Å². The van der Waals surface area contributed by atoms with E-state index in [9.17, 15) is 74.7 Å². The Labute approximate surface area is 463 Å². The van der Waals surface area contributed by atoms with Crippen LogP contribution in [0.15, 0.2) is 0 Å². The van der Waals surface area contributed by atoms with E-state index < -0.39 is 105 Å². The molecule has 370 valence electrons. The Bertz CT molecular complexity index is 1880. The molecule has 0 fully saturated rings. The van der Waals surface area contributed by atoms with Crippen LogP contribution in [0.3, 0.4) is 0 Å². The highest BCUT2D eigenvalue weighted by molar-refractivity contribution is 14.1. The second-order valence-electron chi connectivity index (χ2n) is 15.1. The monoisotopic (exact) mass is 1610 g/mol. The Morgan fingerprint density at radius 3 is 0.742 bits per heavy atom. The summed E-state index contributed by atoms with van der Waals surface area (Å²) in [5.41, 5.74) is -0.274. The average Bonchev–Trinajstić information content (AvgIpc) is 3.24. The highest BCUT2D eigenvalue weighted by atomic mass is 127. The minimum absolute atomic E-state index is 0.0110. The smallest absolute Gasteiger partial charge is 0.255 e. The molecular formula is C39H52I6N6O15. The van der Waals surface area contributed by atoms with Crippen LogP contribution in [0.4, 0.5) is 11.4 Å². The molecule has 6 amide bonds. The van der Waals surface area contributed by atoms with Crippen LogP contribution in [0.1, 0.15) is 55.3 Å². The maximum absolute atomic E-state index is 14.1. The Hall–Kier alpha value is -0.720. The van der Waals surface area contributed by atoms with Gasteiger partial charge in [0.1, 0.15) is 0 Å². The van der Waals surface area contributed by atoms with Gasteiger partial charge in [-0.25, -0.2) is 0 Å². The number of aliphatic hydroxyl groups is 9. The molecule has 2 aromatic carbocycles. The molecule has 0 saturated heterocycles. The lowest BCUT2D eigenvalue weighted by molar-refractivity contribution is -0.117. The van der Waals surface area contributed by atoms with Gasteiger partial charge in [0.05, 0.1) is 118 Å². The molecule has 0 aliphatic rings. The van der Waals surface area contributed by atoms with E-state index in [-0.39, 0.29) is 81.2 Å². The average molecular weight is 1610 g/mol. The summed E-state index contributed by atoms with van der Waals surface area (Å²) in [6.45, 7) is -2.70. The third kappa shape index (κ3) is 15.2. The van der Waals surface area contributed by atoms with Gasteiger partial charge in [0.15, 0.2) is 0 Å². The van der Waals surface area contributed by atoms with E-state index in [1.165, 1.54) is 42.0 Å². The van der Waals surface area contributed by atoms with Crippen molar-refractivity contribution >= 4 is 182 Å². The van der Waals surface area contributed by atoms with Crippen molar-refractivity contribution in [3.8, 4) is 0 Å². The van der Waals surface area contributed by atoms with Crippen LogP contribution < -0.4 is 9.80 Å². The van der Waals surface area contributed by atoms with Crippen LogP contribution in [0.25, 0.3) is 0 Å². The second kappa shape index (κ2) is 27.8. The molecule has 4 unspecified atom stereocenters. The predicted molar refractivity (Wildman–Crippen MR) is 291 cm³/mol. The predicted octanol–water partition coefficient (Wildman–Crippen LogP) is -0.218. The van der Waals surface area contributed by atoms with Crippen molar-refractivity contribution in [3.63, 3.8) is 0 Å². The highest BCUT2D eigenvalue weighted by Crippen LogP contribution is 2.41. The fourth-order valence-corrected chi connectivity index (χ4v) is 15.7. The Morgan fingerprint density at radius 1 is 0.379 bits per heavy atom. The largest absolute Gasteiger partial charge is 0.394 e. The van der Waals surface area contributed by atoms with Crippen molar-refractivity contribution in [1.29, 1.82) is 0 Å². The van der Waals surface area contributed by atoms with Crippen molar-refractivity contribution in [3.05, 3.63) is 43.7 Å².